The molecule has 0 aromatic rings. The number of methoxy groups -OCH3 is 2. The molecule has 0 aromatic heterocycles. The van der Waals surface area contributed by atoms with Gasteiger partial charge in [0.2, 0.25) is 0 Å². The molecule has 4 unspecified atom stereocenters. The molecule has 3 rings (SSSR count). The van der Waals surface area contributed by atoms with Crippen LogP contribution in [0.15, 0.2) is 12.2 Å². The fourth-order valence-electron chi connectivity index (χ4n) is 9.02. The Hall–Kier alpha value is -0.419. The van der Waals surface area contributed by atoms with Crippen molar-refractivity contribution >= 4 is 30.9 Å². The number of hydrogen-bond donors (Lipinski definition) is 0. The van der Waals surface area contributed by atoms with E-state index in [1.54, 1.807) is 7.11 Å². The summed E-state index contributed by atoms with van der Waals surface area (Å²) >= 11 is 0. The first kappa shape index (κ1) is 52.9. The minimum Gasteiger partial charge on any atom is -0.469 e. The molecule has 0 bridgehead atoms. The van der Waals surface area contributed by atoms with Gasteiger partial charge in [-0.15, -0.1) is 0 Å². The SMILES string of the molecule is C=C1CC(CCCO[Si](CC)(CC)CC)OC1CCC1C[C@@H](C)C(C)[C@@H](C[C@@H]2O[C@H](C[C@@H](CO[Si](C)(C)C(C)(C)C)O[Si](C)(C)C(C)(C)C)[C@H](OC)[C@H]2CC(=O)OC)O1. The third kappa shape index (κ3) is 14.5. The highest BCUT2D eigenvalue weighted by Gasteiger charge is 2.50. The lowest BCUT2D eigenvalue weighted by atomic mass is 9.79. The molecule has 11 atom stereocenters. The fraction of sp³-hybridized carbons (Fsp3) is 0.936. The molecule has 0 spiro atoms. The Morgan fingerprint density at radius 3 is 2.00 bits per heavy atom. The molecule has 0 aliphatic carbocycles. The highest BCUT2D eigenvalue weighted by Crippen LogP contribution is 2.44. The average Bonchev–Trinajstić information content (AvgIpc) is 3.67. The van der Waals surface area contributed by atoms with Crippen LogP contribution in [0.2, 0.25) is 54.4 Å². The van der Waals surface area contributed by atoms with Crippen molar-refractivity contribution < 1.29 is 41.8 Å². The molecule has 9 nitrogen and oxygen atoms in total. The van der Waals surface area contributed by atoms with Crippen LogP contribution in [0.1, 0.15) is 134 Å². The van der Waals surface area contributed by atoms with Gasteiger partial charge in [0.15, 0.2) is 25.0 Å². The molecule has 12 heteroatoms. The quantitative estimate of drug-likeness (QED) is 0.0430. The van der Waals surface area contributed by atoms with Gasteiger partial charge < -0.3 is 37.0 Å². The Morgan fingerprint density at radius 1 is 0.814 bits per heavy atom. The minimum absolute atomic E-state index is 0.00294. The van der Waals surface area contributed by atoms with Crippen molar-refractivity contribution in [1.82, 2.24) is 0 Å². The maximum atomic E-state index is 13.0. The molecule has 0 amide bonds. The van der Waals surface area contributed by atoms with Crippen LogP contribution in [-0.4, -0.2) is 107 Å². The van der Waals surface area contributed by atoms with Crippen molar-refractivity contribution in [2.75, 3.05) is 27.4 Å². The van der Waals surface area contributed by atoms with E-state index >= 15 is 0 Å². The predicted octanol–water partition coefficient (Wildman–Crippen LogP) is 11.9. The van der Waals surface area contributed by atoms with Crippen LogP contribution in [0.3, 0.4) is 0 Å². The van der Waals surface area contributed by atoms with E-state index < -0.39 is 25.0 Å². The molecule has 0 radical (unpaired) electrons. The second kappa shape index (κ2) is 22.5. The Kier molecular flexibility index (Phi) is 20.2. The number of rotatable bonds is 23. The van der Waals surface area contributed by atoms with Crippen molar-refractivity contribution in [2.24, 2.45) is 17.8 Å². The normalized spacial score (nSPS) is 30.6. The average molecular weight is 886 g/mol. The van der Waals surface area contributed by atoms with Crippen LogP contribution in [-0.2, 0) is 41.8 Å². The fourth-order valence-corrected chi connectivity index (χ4v) is 14.1. The summed E-state index contributed by atoms with van der Waals surface area (Å²) in [6, 6.07) is 3.58. The van der Waals surface area contributed by atoms with Crippen molar-refractivity contribution in [3.05, 3.63) is 12.2 Å². The van der Waals surface area contributed by atoms with Crippen LogP contribution in [0.5, 0.6) is 0 Å². The number of carbonyl (C=O) groups is 1. The molecule has 0 saturated carbocycles. The maximum absolute atomic E-state index is 13.0. The van der Waals surface area contributed by atoms with E-state index in [0.29, 0.717) is 31.3 Å². The van der Waals surface area contributed by atoms with E-state index in [0.717, 1.165) is 45.1 Å². The summed E-state index contributed by atoms with van der Waals surface area (Å²) in [5.41, 5.74) is 1.22. The lowest BCUT2D eigenvalue weighted by Gasteiger charge is -2.42. The topological polar surface area (TPSA) is 90.9 Å². The van der Waals surface area contributed by atoms with Gasteiger partial charge in [-0.1, -0.05) is 82.7 Å². The molecular weight excluding hydrogens is 793 g/mol. The van der Waals surface area contributed by atoms with Gasteiger partial charge in [-0.2, -0.15) is 0 Å². The van der Waals surface area contributed by atoms with Gasteiger partial charge >= 0.3 is 5.97 Å². The first-order valence-electron chi connectivity index (χ1n) is 23.6. The highest BCUT2D eigenvalue weighted by atomic mass is 28.4. The third-order valence-electron chi connectivity index (χ3n) is 15.7. The second-order valence-electron chi connectivity index (χ2n) is 21.7. The van der Waals surface area contributed by atoms with Gasteiger partial charge in [0.1, 0.15) is 0 Å². The van der Waals surface area contributed by atoms with Gasteiger partial charge in [0.25, 0.3) is 0 Å². The summed E-state index contributed by atoms with van der Waals surface area (Å²) in [4.78, 5) is 13.0. The van der Waals surface area contributed by atoms with Crippen LogP contribution >= 0.6 is 0 Å². The van der Waals surface area contributed by atoms with E-state index in [1.165, 1.54) is 30.8 Å². The molecule has 0 aromatic carbocycles. The number of ether oxygens (including phenoxy) is 5. The number of carbonyl (C=O) groups excluding carboxylic acids is 1. The van der Waals surface area contributed by atoms with Crippen molar-refractivity contribution in [3.8, 4) is 0 Å². The molecule has 0 N–H and O–H groups in total. The summed E-state index contributed by atoms with van der Waals surface area (Å²) < 4.78 is 52.6. The van der Waals surface area contributed by atoms with Crippen molar-refractivity contribution in [1.29, 1.82) is 0 Å². The molecule has 59 heavy (non-hydrogen) atoms. The second-order valence-corrected chi connectivity index (χ2v) is 36.0. The maximum Gasteiger partial charge on any atom is 0.305 e. The lowest BCUT2D eigenvalue weighted by Crippen LogP contribution is -2.49. The summed E-state index contributed by atoms with van der Waals surface area (Å²) in [5.74, 6) is 0.432. The zero-order chi connectivity index (χ0) is 44.6. The van der Waals surface area contributed by atoms with Gasteiger partial charge in [-0.25, -0.2) is 0 Å². The van der Waals surface area contributed by atoms with Crippen LogP contribution < -0.4 is 0 Å². The zero-order valence-corrected chi connectivity index (χ0v) is 44.1. The third-order valence-corrected chi connectivity index (χ3v) is 29.4. The van der Waals surface area contributed by atoms with Gasteiger partial charge in [0.05, 0.1) is 69.0 Å². The Bertz CT molecular complexity index is 1280. The summed E-state index contributed by atoms with van der Waals surface area (Å²) in [6.45, 7) is 40.2. The molecule has 3 heterocycles. The lowest BCUT2D eigenvalue weighted by molar-refractivity contribution is -0.144. The smallest absolute Gasteiger partial charge is 0.305 e. The summed E-state index contributed by atoms with van der Waals surface area (Å²) in [7, 11) is -2.55. The molecule has 3 fully saturated rings. The monoisotopic (exact) mass is 885 g/mol. The van der Waals surface area contributed by atoms with Gasteiger partial charge in [0, 0.05) is 32.5 Å². The largest absolute Gasteiger partial charge is 0.469 e. The zero-order valence-electron chi connectivity index (χ0n) is 41.1. The summed E-state index contributed by atoms with van der Waals surface area (Å²) in [6.07, 6.45) is 6.97. The Labute approximate surface area is 365 Å². The minimum atomic E-state index is -2.16. The van der Waals surface area contributed by atoms with E-state index in [2.05, 4.69) is 109 Å². The van der Waals surface area contributed by atoms with Crippen molar-refractivity contribution in [2.45, 2.75) is 237 Å². The van der Waals surface area contributed by atoms with Crippen LogP contribution in [0, 0.1) is 17.8 Å². The van der Waals surface area contributed by atoms with E-state index in [-0.39, 0.29) is 77.2 Å². The van der Waals surface area contributed by atoms with E-state index in [9.17, 15) is 4.79 Å². The van der Waals surface area contributed by atoms with Crippen molar-refractivity contribution in [3.63, 3.8) is 0 Å². The standard InChI is InChI=1S/C47H92O9Si3/c1-19-59(20-2,21-3)51-26-22-23-36-28-34(5)40(53-36)25-24-37-27-33(4)35(6)41(54-37)31-42-39(30-44(48)49-13)45(50-14)43(55-42)29-38(56-58(17,18)47(10,11)12)32-52-57(15,16)46(7,8)9/h33,35-43,45H,5,19-32H2,1-4,6-18H3/t33-,35?,36?,37?,38+,39+,40?,41-,42+,43-,45-/m1/s1. The van der Waals surface area contributed by atoms with Crippen LogP contribution in [0.4, 0.5) is 0 Å². The number of esters is 1. The summed E-state index contributed by atoms with van der Waals surface area (Å²) in [5, 5.41) is 0.120. The molecular formula is C47H92O9Si3. The molecule has 346 valence electrons. The molecule has 3 aliphatic heterocycles. The first-order valence-corrected chi connectivity index (χ1v) is 31.9. The molecule has 3 saturated heterocycles. The highest BCUT2D eigenvalue weighted by molar-refractivity contribution is 6.75. The van der Waals surface area contributed by atoms with Gasteiger partial charge in [-0.3, -0.25) is 4.79 Å². The first-order chi connectivity index (χ1) is 27.4. The van der Waals surface area contributed by atoms with Gasteiger partial charge in [-0.05, 0) is 110 Å². The van der Waals surface area contributed by atoms with E-state index in [4.69, 9.17) is 37.0 Å². The molecule has 3 aliphatic rings. The van der Waals surface area contributed by atoms with Crippen LogP contribution in [0.25, 0.3) is 0 Å². The van der Waals surface area contributed by atoms with E-state index in [1.807, 2.05) is 0 Å². The predicted molar refractivity (Wildman–Crippen MR) is 250 cm³/mol. The number of hydrogen-bond acceptors (Lipinski definition) is 9. The Balaban J connectivity index is 1.71. The Morgan fingerprint density at radius 2 is 1.44 bits per heavy atom.